The molecule has 4 aliphatic rings. The van der Waals surface area contributed by atoms with Gasteiger partial charge in [-0.2, -0.15) is 0 Å². The number of rotatable bonds is 2. The van der Waals surface area contributed by atoms with Crippen LogP contribution in [-0.2, 0) is 9.59 Å². The number of carbonyl (C=O) groups excluding carboxylic acids is 2. The quantitative estimate of drug-likeness (QED) is 0.602. The minimum Gasteiger partial charge on any atom is -0.390 e. The Labute approximate surface area is 168 Å². The zero-order valence-corrected chi connectivity index (χ0v) is 16.7. The normalized spacial score (nSPS) is 52.5. The van der Waals surface area contributed by atoms with Crippen LogP contribution < -0.4 is 0 Å². The number of hydrogen-bond acceptors (Lipinski definition) is 5. The molecule has 3 fully saturated rings. The smallest absolute Gasteiger partial charge is 0.182 e. The highest BCUT2D eigenvalue weighted by Gasteiger charge is 2.76. The maximum atomic E-state index is 16.8. The molecule has 4 rings (SSSR count). The van der Waals surface area contributed by atoms with Gasteiger partial charge in [-0.3, -0.25) is 9.59 Å². The Bertz CT molecular complexity index is 811. The number of aliphatic hydroxyl groups excluding tert-OH is 2. The number of alkyl halides is 2. The van der Waals surface area contributed by atoms with E-state index < -0.39 is 57.8 Å². The van der Waals surface area contributed by atoms with Crippen LogP contribution in [0.25, 0.3) is 0 Å². The Morgan fingerprint density at radius 2 is 1.96 bits per heavy atom. The molecule has 0 amide bonds. The minimum atomic E-state index is -2.11. The topological polar surface area (TPSA) is 94.8 Å². The zero-order chi connectivity index (χ0) is 20.7. The Hall–Kier alpha value is -1.08. The van der Waals surface area contributed by atoms with Crippen molar-refractivity contribution in [3.63, 3.8) is 0 Å². The molecular weight excluding hydrogens is 387 g/mol. The maximum absolute atomic E-state index is 16.8. The summed E-state index contributed by atoms with van der Waals surface area (Å²) < 4.78 is 16.8. The summed E-state index contributed by atoms with van der Waals surface area (Å²) in [5.74, 6) is -2.53. The van der Waals surface area contributed by atoms with Crippen molar-refractivity contribution >= 4 is 23.2 Å². The molecule has 0 aromatic heterocycles. The van der Waals surface area contributed by atoms with E-state index in [1.165, 1.54) is 12.2 Å². The molecule has 28 heavy (non-hydrogen) atoms. The van der Waals surface area contributed by atoms with Crippen molar-refractivity contribution in [2.45, 2.75) is 63.0 Å². The summed E-state index contributed by atoms with van der Waals surface area (Å²) in [6, 6.07) is 0. The average molecular weight is 413 g/mol. The molecule has 5 nitrogen and oxygen atoms in total. The Morgan fingerprint density at radius 3 is 2.61 bits per heavy atom. The average Bonchev–Trinajstić information content (AvgIpc) is 2.84. The fourth-order valence-electron chi connectivity index (χ4n) is 6.83. The predicted molar refractivity (Wildman–Crippen MR) is 100 cm³/mol. The number of allylic oxidation sites excluding steroid dienone is 4. The van der Waals surface area contributed by atoms with Gasteiger partial charge in [0, 0.05) is 16.7 Å². The van der Waals surface area contributed by atoms with Gasteiger partial charge in [-0.05, 0) is 50.7 Å². The molecule has 0 aromatic carbocycles. The molecule has 0 spiro atoms. The van der Waals surface area contributed by atoms with E-state index in [2.05, 4.69) is 0 Å². The van der Waals surface area contributed by atoms with E-state index in [0.29, 0.717) is 18.4 Å². The summed E-state index contributed by atoms with van der Waals surface area (Å²) in [4.78, 5) is 24.3. The molecule has 0 saturated heterocycles. The molecule has 0 aliphatic heterocycles. The Balaban J connectivity index is 1.84. The van der Waals surface area contributed by atoms with E-state index >= 15 is 4.39 Å². The second-order valence-electron chi connectivity index (χ2n) is 9.34. The highest BCUT2D eigenvalue weighted by atomic mass is 35.5. The van der Waals surface area contributed by atoms with Crippen LogP contribution in [0, 0.1) is 22.7 Å². The standard InChI is InChI=1S/C21H26ClFO5/c1-18-6-5-12(24)7-11(18)3-4-13-14-8-15(25)21(28,17(27)10-22)19(14,2)9-16(26)20(13,18)23/h5-7,13-16,25-26,28H,3-4,8-10H2,1-2H3/t13-,14-,15+,16-,18-,19-,20?,21-/m0/s1. The van der Waals surface area contributed by atoms with Crippen LogP contribution in [0.3, 0.4) is 0 Å². The van der Waals surface area contributed by atoms with E-state index in [9.17, 15) is 24.9 Å². The van der Waals surface area contributed by atoms with Crippen LogP contribution in [-0.4, -0.2) is 56.2 Å². The molecule has 7 heteroatoms. The lowest BCUT2D eigenvalue weighted by atomic mass is 9.44. The molecule has 3 N–H and O–H groups in total. The number of Topliss-reactive ketones (excluding diaryl/α,β-unsaturated/α-hetero) is 1. The van der Waals surface area contributed by atoms with Gasteiger partial charge in [0.1, 0.15) is 0 Å². The Morgan fingerprint density at radius 1 is 1.29 bits per heavy atom. The Kier molecular flexibility index (Phi) is 4.31. The van der Waals surface area contributed by atoms with Crippen molar-refractivity contribution in [1.82, 2.24) is 0 Å². The van der Waals surface area contributed by atoms with Crippen molar-refractivity contribution in [1.29, 1.82) is 0 Å². The van der Waals surface area contributed by atoms with Crippen molar-refractivity contribution in [2.24, 2.45) is 22.7 Å². The maximum Gasteiger partial charge on any atom is 0.182 e. The summed E-state index contributed by atoms with van der Waals surface area (Å²) in [6.07, 6.45) is 2.25. The first-order valence-corrected chi connectivity index (χ1v) is 10.3. The van der Waals surface area contributed by atoms with Gasteiger partial charge in [0.15, 0.2) is 22.8 Å². The molecule has 4 aliphatic carbocycles. The van der Waals surface area contributed by atoms with Gasteiger partial charge < -0.3 is 15.3 Å². The fraction of sp³-hybridized carbons (Fsp3) is 0.714. The minimum absolute atomic E-state index is 0.0659. The van der Waals surface area contributed by atoms with E-state index in [4.69, 9.17) is 11.6 Å². The molecule has 8 atom stereocenters. The first-order chi connectivity index (χ1) is 13.0. The van der Waals surface area contributed by atoms with Crippen LogP contribution in [0.1, 0.15) is 39.5 Å². The van der Waals surface area contributed by atoms with Crippen LogP contribution in [0.2, 0.25) is 0 Å². The molecule has 3 saturated carbocycles. The highest BCUT2D eigenvalue weighted by Crippen LogP contribution is 2.69. The van der Waals surface area contributed by atoms with Gasteiger partial charge in [0.05, 0.1) is 18.1 Å². The fourth-order valence-corrected chi connectivity index (χ4v) is 7.03. The van der Waals surface area contributed by atoms with Gasteiger partial charge in [-0.15, -0.1) is 11.6 Å². The second-order valence-corrected chi connectivity index (χ2v) is 9.61. The lowest BCUT2D eigenvalue weighted by Gasteiger charge is -2.62. The summed E-state index contributed by atoms with van der Waals surface area (Å²) >= 11 is 5.70. The van der Waals surface area contributed by atoms with Crippen LogP contribution >= 0.6 is 11.6 Å². The van der Waals surface area contributed by atoms with Gasteiger partial charge >= 0.3 is 0 Å². The molecule has 154 valence electrons. The molecular formula is C21H26ClFO5. The summed E-state index contributed by atoms with van der Waals surface area (Å²) in [6.45, 7) is 3.34. The van der Waals surface area contributed by atoms with Crippen LogP contribution in [0.4, 0.5) is 4.39 Å². The van der Waals surface area contributed by atoms with Gasteiger partial charge in [0.25, 0.3) is 0 Å². The van der Waals surface area contributed by atoms with E-state index in [1.807, 2.05) is 0 Å². The number of hydrogen-bond donors (Lipinski definition) is 3. The second kappa shape index (κ2) is 5.97. The van der Waals surface area contributed by atoms with Gasteiger partial charge in [-0.1, -0.05) is 18.6 Å². The number of aliphatic hydroxyl groups is 3. The molecule has 0 bridgehead atoms. The van der Waals surface area contributed by atoms with Crippen LogP contribution in [0.5, 0.6) is 0 Å². The molecule has 0 radical (unpaired) electrons. The lowest BCUT2D eigenvalue weighted by molar-refractivity contribution is -0.220. The SMILES string of the molecule is C[C@]12C=CC(=O)C=C1CC[C@H]1[C@@H]3C[C@@H](O)[C@](O)(C(=O)CCl)[C@@]3(C)C[C@H](O)C12F. The summed E-state index contributed by atoms with van der Waals surface area (Å²) in [5.41, 5.74) is -5.85. The van der Waals surface area contributed by atoms with Crippen LogP contribution in [0.15, 0.2) is 23.8 Å². The third-order valence-corrected chi connectivity index (χ3v) is 8.65. The largest absolute Gasteiger partial charge is 0.390 e. The third-order valence-electron chi connectivity index (χ3n) is 8.41. The van der Waals surface area contributed by atoms with Gasteiger partial charge in [0.2, 0.25) is 0 Å². The van der Waals surface area contributed by atoms with Crippen molar-refractivity contribution in [3.05, 3.63) is 23.8 Å². The first-order valence-electron chi connectivity index (χ1n) is 9.77. The van der Waals surface area contributed by atoms with Crippen molar-refractivity contribution in [2.75, 3.05) is 5.88 Å². The molecule has 0 heterocycles. The molecule has 0 aromatic rings. The summed E-state index contributed by atoms with van der Waals surface area (Å²) in [5, 5.41) is 32.9. The van der Waals surface area contributed by atoms with E-state index in [-0.39, 0.29) is 18.6 Å². The molecule has 1 unspecified atom stereocenters. The number of carbonyl (C=O) groups is 2. The van der Waals surface area contributed by atoms with Gasteiger partial charge in [-0.25, -0.2) is 4.39 Å². The summed E-state index contributed by atoms with van der Waals surface area (Å²) in [7, 11) is 0. The van der Waals surface area contributed by atoms with E-state index in [0.717, 1.165) is 0 Å². The number of ketones is 2. The monoisotopic (exact) mass is 412 g/mol. The van der Waals surface area contributed by atoms with E-state index in [1.54, 1.807) is 19.9 Å². The first kappa shape index (κ1) is 20.2. The highest BCUT2D eigenvalue weighted by molar-refractivity contribution is 6.29. The van der Waals surface area contributed by atoms with Crippen molar-refractivity contribution in [3.8, 4) is 0 Å². The third kappa shape index (κ3) is 2.07. The predicted octanol–water partition coefficient (Wildman–Crippen LogP) is 1.87. The number of fused-ring (bicyclic) bond motifs is 5. The lowest BCUT2D eigenvalue weighted by Crippen LogP contribution is -2.69. The zero-order valence-electron chi connectivity index (χ0n) is 16.0. The van der Waals surface area contributed by atoms with Crippen molar-refractivity contribution < 1.29 is 29.3 Å². The number of halogens is 2.